The third-order valence-electron chi connectivity index (χ3n) is 3.63. The molecule has 0 aromatic rings. The van der Waals surface area contributed by atoms with Gasteiger partial charge in [0.05, 0.1) is 12.0 Å². The maximum atomic E-state index is 11.8. The summed E-state index contributed by atoms with van der Waals surface area (Å²) in [5.41, 5.74) is -0.509. The number of guanidine groups is 1. The first-order valence-corrected chi connectivity index (χ1v) is 8.31. The molecule has 0 unspecified atom stereocenters. The van der Waals surface area contributed by atoms with E-state index in [2.05, 4.69) is 20.9 Å². The molecule has 0 aliphatic heterocycles. The lowest BCUT2D eigenvalue weighted by molar-refractivity contribution is -0.128. The Morgan fingerprint density at radius 2 is 2.00 bits per heavy atom. The molecule has 0 aromatic carbocycles. The predicted molar refractivity (Wildman–Crippen MR) is 105 cm³/mol. The van der Waals surface area contributed by atoms with E-state index in [4.69, 9.17) is 4.74 Å². The number of hydrogen-bond acceptors (Lipinski definition) is 3. The van der Waals surface area contributed by atoms with Gasteiger partial charge in [-0.2, -0.15) is 0 Å². The molecule has 7 heteroatoms. The van der Waals surface area contributed by atoms with Gasteiger partial charge < -0.3 is 20.7 Å². The van der Waals surface area contributed by atoms with E-state index in [0.717, 1.165) is 44.6 Å². The predicted octanol–water partition coefficient (Wildman–Crippen LogP) is 1.75. The van der Waals surface area contributed by atoms with Crippen LogP contribution in [-0.2, 0) is 9.53 Å². The van der Waals surface area contributed by atoms with Crippen molar-refractivity contribution in [3.8, 4) is 0 Å². The molecular formula is C16H33IN4O2. The average Bonchev–Trinajstić information content (AvgIpc) is 3.31. The Kier molecular flexibility index (Phi) is 11.6. The Bertz CT molecular complexity index is 371. The molecule has 0 heterocycles. The van der Waals surface area contributed by atoms with Gasteiger partial charge in [0.2, 0.25) is 5.91 Å². The van der Waals surface area contributed by atoms with E-state index in [1.54, 1.807) is 7.05 Å². The first kappa shape index (κ1) is 22.4. The minimum Gasteiger partial charge on any atom is -0.381 e. The SMILES string of the molecule is CCNC(=NCC(C)(C)C(=O)NC)NCCCOCC1CC1.I. The number of carbonyl (C=O) groups is 1. The van der Waals surface area contributed by atoms with Gasteiger partial charge in [-0.25, -0.2) is 0 Å². The Hall–Kier alpha value is -0.570. The second kappa shape index (κ2) is 11.9. The summed E-state index contributed by atoms with van der Waals surface area (Å²) in [4.78, 5) is 16.3. The first-order chi connectivity index (χ1) is 10.5. The van der Waals surface area contributed by atoms with Crippen molar-refractivity contribution in [2.45, 2.75) is 40.0 Å². The van der Waals surface area contributed by atoms with E-state index >= 15 is 0 Å². The Morgan fingerprint density at radius 1 is 1.30 bits per heavy atom. The normalized spacial score (nSPS) is 14.9. The molecule has 0 saturated heterocycles. The summed E-state index contributed by atoms with van der Waals surface area (Å²) in [6.07, 6.45) is 3.61. The lowest BCUT2D eigenvalue weighted by Crippen LogP contribution is -2.41. The van der Waals surface area contributed by atoms with Gasteiger partial charge in [0, 0.05) is 33.4 Å². The Balaban J connectivity index is 0.00000484. The first-order valence-electron chi connectivity index (χ1n) is 8.31. The quantitative estimate of drug-likeness (QED) is 0.210. The Morgan fingerprint density at radius 3 is 2.57 bits per heavy atom. The number of ether oxygens (including phenoxy) is 1. The van der Waals surface area contributed by atoms with Crippen molar-refractivity contribution < 1.29 is 9.53 Å². The molecule has 0 aromatic heterocycles. The maximum Gasteiger partial charge on any atom is 0.227 e. The highest BCUT2D eigenvalue weighted by atomic mass is 127. The van der Waals surface area contributed by atoms with Crippen molar-refractivity contribution in [3.63, 3.8) is 0 Å². The number of amides is 1. The van der Waals surface area contributed by atoms with Crippen molar-refractivity contribution in [1.29, 1.82) is 0 Å². The van der Waals surface area contributed by atoms with E-state index in [1.807, 2.05) is 20.8 Å². The topological polar surface area (TPSA) is 74.8 Å². The third-order valence-corrected chi connectivity index (χ3v) is 3.63. The molecule has 6 nitrogen and oxygen atoms in total. The molecule has 1 saturated carbocycles. The molecule has 23 heavy (non-hydrogen) atoms. The van der Waals surface area contributed by atoms with Crippen LogP contribution in [0.1, 0.15) is 40.0 Å². The fourth-order valence-electron chi connectivity index (χ4n) is 1.94. The number of aliphatic imine (C=N–C) groups is 1. The van der Waals surface area contributed by atoms with E-state index < -0.39 is 5.41 Å². The summed E-state index contributed by atoms with van der Waals surface area (Å²) >= 11 is 0. The van der Waals surface area contributed by atoms with Gasteiger partial charge >= 0.3 is 0 Å². The maximum absolute atomic E-state index is 11.8. The van der Waals surface area contributed by atoms with E-state index in [0.29, 0.717) is 6.54 Å². The monoisotopic (exact) mass is 440 g/mol. The van der Waals surface area contributed by atoms with E-state index in [-0.39, 0.29) is 29.9 Å². The third kappa shape index (κ3) is 10.0. The highest BCUT2D eigenvalue weighted by Crippen LogP contribution is 2.28. The van der Waals surface area contributed by atoms with E-state index in [1.165, 1.54) is 12.8 Å². The summed E-state index contributed by atoms with van der Waals surface area (Å²) in [5.74, 6) is 1.57. The molecule has 1 fully saturated rings. The number of rotatable bonds is 10. The van der Waals surface area contributed by atoms with Crippen LogP contribution in [0.3, 0.4) is 0 Å². The smallest absolute Gasteiger partial charge is 0.227 e. The van der Waals surface area contributed by atoms with Gasteiger partial charge in [-0.3, -0.25) is 9.79 Å². The summed E-state index contributed by atoms with van der Waals surface area (Å²) in [6, 6.07) is 0. The van der Waals surface area contributed by atoms with Crippen LogP contribution in [0.15, 0.2) is 4.99 Å². The molecule has 1 amide bonds. The number of carbonyl (C=O) groups excluding carboxylic acids is 1. The Labute approximate surface area is 157 Å². The van der Waals surface area contributed by atoms with Crippen LogP contribution in [0, 0.1) is 11.3 Å². The van der Waals surface area contributed by atoms with Gasteiger partial charge in [-0.1, -0.05) is 0 Å². The summed E-state index contributed by atoms with van der Waals surface area (Å²) in [5, 5.41) is 9.15. The van der Waals surface area contributed by atoms with Gasteiger partial charge in [-0.05, 0) is 46.0 Å². The fraction of sp³-hybridized carbons (Fsp3) is 0.875. The molecule has 0 spiro atoms. The molecule has 0 radical (unpaired) electrons. The number of nitrogens with zero attached hydrogens (tertiary/aromatic N) is 1. The highest BCUT2D eigenvalue weighted by molar-refractivity contribution is 14.0. The van der Waals surface area contributed by atoms with Crippen LogP contribution in [-0.4, -0.2) is 51.8 Å². The van der Waals surface area contributed by atoms with Gasteiger partial charge in [-0.15, -0.1) is 24.0 Å². The summed E-state index contributed by atoms with van der Waals surface area (Å²) < 4.78 is 5.61. The molecule has 1 aliphatic carbocycles. The van der Waals surface area contributed by atoms with Crippen LogP contribution >= 0.6 is 24.0 Å². The second-order valence-corrected chi connectivity index (χ2v) is 6.46. The van der Waals surface area contributed by atoms with Crippen LogP contribution < -0.4 is 16.0 Å². The average molecular weight is 440 g/mol. The zero-order chi connectivity index (χ0) is 16.4. The molecule has 1 rings (SSSR count). The molecule has 1 aliphatic rings. The van der Waals surface area contributed by atoms with Crippen molar-refractivity contribution in [2.75, 3.05) is 39.9 Å². The van der Waals surface area contributed by atoms with Gasteiger partial charge in [0.25, 0.3) is 0 Å². The minimum atomic E-state index is -0.509. The second-order valence-electron chi connectivity index (χ2n) is 6.46. The fourth-order valence-corrected chi connectivity index (χ4v) is 1.94. The number of nitrogens with one attached hydrogen (secondary N) is 3. The van der Waals surface area contributed by atoms with Crippen LogP contribution in [0.5, 0.6) is 0 Å². The van der Waals surface area contributed by atoms with Crippen LogP contribution in [0.2, 0.25) is 0 Å². The lowest BCUT2D eigenvalue weighted by Gasteiger charge is -2.21. The van der Waals surface area contributed by atoms with Crippen molar-refractivity contribution >= 4 is 35.8 Å². The van der Waals surface area contributed by atoms with Gasteiger partial charge in [0.15, 0.2) is 5.96 Å². The van der Waals surface area contributed by atoms with E-state index in [9.17, 15) is 4.79 Å². The summed E-state index contributed by atoms with van der Waals surface area (Å²) in [6.45, 7) is 9.57. The molecule has 136 valence electrons. The van der Waals surface area contributed by atoms with Crippen molar-refractivity contribution in [1.82, 2.24) is 16.0 Å². The molecule has 0 atom stereocenters. The standard InChI is InChI=1S/C16H32N4O2.HI/c1-5-18-15(20-12-16(2,3)14(21)17-4)19-9-6-10-22-11-13-7-8-13;/h13H,5-12H2,1-4H3,(H,17,21)(H2,18,19,20);1H. The van der Waals surface area contributed by atoms with Crippen molar-refractivity contribution in [3.05, 3.63) is 0 Å². The zero-order valence-corrected chi connectivity index (χ0v) is 17.2. The molecule has 3 N–H and O–H groups in total. The summed E-state index contributed by atoms with van der Waals surface area (Å²) in [7, 11) is 1.65. The van der Waals surface area contributed by atoms with Crippen molar-refractivity contribution in [2.24, 2.45) is 16.3 Å². The number of halogens is 1. The largest absolute Gasteiger partial charge is 0.381 e. The lowest BCUT2D eigenvalue weighted by atomic mass is 9.93. The van der Waals surface area contributed by atoms with Crippen LogP contribution in [0.4, 0.5) is 0 Å². The van der Waals surface area contributed by atoms with Crippen LogP contribution in [0.25, 0.3) is 0 Å². The molecule has 0 bridgehead atoms. The van der Waals surface area contributed by atoms with Gasteiger partial charge in [0.1, 0.15) is 0 Å². The number of hydrogen-bond donors (Lipinski definition) is 3. The molecular weight excluding hydrogens is 407 g/mol. The highest BCUT2D eigenvalue weighted by Gasteiger charge is 2.26. The minimum absolute atomic E-state index is 0. The zero-order valence-electron chi connectivity index (χ0n) is 14.9.